The van der Waals surface area contributed by atoms with Crippen LogP contribution in [0, 0.1) is 12.3 Å². The molecule has 0 N–H and O–H groups in total. The van der Waals surface area contributed by atoms with Gasteiger partial charge in [0.25, 0.3) is 0 Å². The Hall–Kier alpha value is -0.810. The highest BCUT2D eigenvalue weighted by molar-refractivity contribution is 5.86. The van der Waals surface area contributed by atoms with E-state index >= 15 is 0 Å². The van der Waals surface area contributed by atoms with Gasteiger partial charge in [-0.15, -0.1) is 12.3 Å². The number of terminal acetylenes is 1. The first-order valence-corrected chi connectivity index (χ1v) is 4.15. The summed E-state index contributed by atoms with van der Waals surface area (Å²) in [5.74, 6) is 2.51. The number of Topliss-reactive ketones (excluding diaryl/α,β-unsaturated/α-hetero) is 1. The lowest BCUT2D eigenvalue weighted by Crippen LogP contribution is -2.34. The van der Waals surface area contributed by atoms with Crippen LogP contribution >= 0.6 is 0 Å². The van der Waals surface area contributed by atoms with E-state index in [0.717, 1.165) is 0 Å². The van der Waals surface area contributed by atoms with E-state index in [1.54, 1.807) is 13.8 Å². The molecule has 0 aromatic carbocycles. The van der Waals surface area contributed by atoms with Crippen LogP contribution in [0.3, 0.4) is 0 Å². The Kier molecular flexibility index (Phi) is 4.61. The second kappa shape index (κ2) is 4.95. The average molecular weight is 168 g/mol. The molecule has 0 aliphatic heterocycles. The van der Waals surface area contributed by atoms with Gasteiger partial charge in [0.05, 0.1) is 0 Å². The zero-order valence-corrected chi connectivity index (χ0v) is 8.02. The largest absolute Gasteiger partial charge is 0.368 e. The first-order chi connectivity index (χ1) is 5.54. The predicted molar refractivity (Wildman–Crippen MR) is 48.8 cm³/mol. The van der Waals surface area contributed by atoms with Gasteiger partial charge in [0, 0.05) is 19.4 Å². The van der Waals surface area contributed by atoms with Crippen molar-refractivity contribution in [3.05, 3.63) is 0 Å². The van der Waals surface area contributed by atoms with E-state index in [1.165, 1.54) is 0 Å². The molecule has 0 fully saturated rings. The number of ketones is 1. The predicted octanol–water partition coefficient (Wildman–Crippen LogP) is 1.78. The Morgan fingerprint density at radius 2 is 2.17 bits per heavy atom. The van der Waals surface area contributed by atoms with Crippen LogP contribution in [0.15, 0.2) is 0 Å². The summed E-state index contributed by atoms with van der Waals surface area (Å²) in [6.45, 7) is 5.97. The highest BCUT2D eigenvalue weighted by Gasteiger charge is 2.26. The molecule has 0 bridgehead atoms. The highest BCUT2D eigenvalue weighted by Crippen LogP contribution is 2.13. The van der Waals surface area contributed by atoms with Gasteiger partial charge in [-0.1, -0.05) is 0 Å². The monoisotopic (exact) mass is 168 g/mol. The minimum atomic E-state index is -0.675. The zero-order chi connectivity index (χ0) is 9.61. The van der Waals surface area contributed by atoms with Crippen molar-refractivity contribution in [2.45, 2.75) is 39.2 Å². The molecule has 12 heavy (non-hydrogen) atoms. The van der Waals surface area contributed by atoms with Crippen LogP contribution in [0.1, 0.15) is 33.6 Å². The van der Waals surface area contributed by atoms with Crippen molar-refractivity contribution in [3.63, 3.8) is 0 Å². The van der Waals surface area contributed by atoms with E-state index < -0.39 is 5.60 Å². The van der Waals surface area contributed by atoms with Crippen LogP contribution in [0.4, 0.5) is 0 Å². The van der Waals surface area contributed by atoms with Gasteiger partial charge in [-0.3, -0.25) is 4.79 Å². The van der Waals surface area contributed by atoms with Gasteiger partial charge in [0.15, 0.2) is 5.78 Å². The van der Waals surface area contributed by atoms with E-state index in [1.807, 2.05) is 6.92 Å². The zero-order valence-electron chi connectivity index (χ0n) is 8.02. The summed E-state index contributed by atoms with van der Waals surface area (Å²) in [5, 5.41) is 0. The molecule has 0 aliphatic rings. The van der Waals surface area contributed by atoms with E-state index in [0.29, 0.717) is 19.4 Å². The minimum Gasteiger partial charge on any atom is -0.368 e. The smallest absolute Gasteiger partial charge is 0.164 e. The molecule has 2 nitrogen and oxygen atoms in total. The maximum absolute atomic E-state index is 11.4. The fourth-order valence-electron chi connectivity index (χ4n) is 0.928. The van der Waals surface area contributed by atoms with Crippen molar-refractivity contribution in [2.24, 2.45) is 0 Å². The number of hydrogen-bond donors (Lipinski definition) is 0. The molecule has 0 saturated heterocycles. The number of ether oxygens (including phenoxy) is 1. The van der Waals surface area contributed by atoms with Gasteiger partial charge >= 0.3 is 0 Å². The lowest BCUT2D eigenvalue weighted by Gasteiger charge is -2.22. The quantitative estimate of drug-likeness (QED) is 0.585. The van der Waals surface area contributed by atoms with E-state index in [9.17, 15) is 4.79 Å². The molecule has 0 unspecified atom stereocenters. The van der Waals surface area contributed by atoms with Crippen molar-refractivity contribution in [2.75, 3.05) is 6.61 Å². The summed E-state index contributed by atoms with van der Waals surface area (Å²) >= 11 is 0. The van der Waals surface area contributed by atoms with Crippen LogP contribution in [0.5, 0.6) is 0 Å². The summed E-state index contributed by atoms with van der Waals surface area (Å²) < 4.78 is 5.27. The molecule has 0 spiro atoms. The molecule has 2 heteroatoms. The van der Waals surface area contributed by atoms with Crippen molar-refractivity contribution >= 4 is 5.78 Å². The van der Waals surface area contributed by atoms with Gasteiger partial charge in [0.1, 0.15) is 5.60 Å². The summed E-state index contributed by atoms with van der Waals surface area (Å²) in [4.78, 5) is 11.4. The molecule has 0 radical (unpaired) electrons. The molecule has 0 saturated carbocycles. The molecule has 0 atom stereocenters. The highest BCUT2D eigenvalue weighted by atomic mass is 16.5. The minimum absolute atomic E-state index is 0.0716. The van der Waals surface area contributed by atoms with Crippen LogP contribution in [0.25, 0.3) is 0 Å². The fraction of sp³-hybridized carbons (Fsp3) is 0.700. The third kappa shape index (κ3) is 3.54. The Morgan fingerprint density at radius 1 is 1.58 bits per heavy atom. The molecule has 0 aliphatic carbocycles. The van der Waals surface area contributed by atoms with Gasteiger partial charge < -0.3 is 4.74 Å². The molecular weight excluding hydrogens is 152 g/mol. The molecular formula is C10H16O2. The SMILES string of the molecule is C#CCCC(=O)C(C)(C)OCC. The lowest BCUT2D eigenvalue weighted by molar-refractivity contribution is -0.139. The first kappa shape index (κ1) is 11.2. The Morgan fingerprint density at radius 3 is 2.58 bits per heavy atom. The number of hydrogen-bond acceptors (Lipinski definition) is 2. The van der Waals surface area contributed by atoms with Gasteiger partial charge in [0.2, 0.25) is 0 Å². The van der Waals surface area contributed by atoms with Crippen LogP contribution in [0.2, 0.25) is 0 Å². The van der Waals surface area contributed by atoms with E-state index in [4.69, 9.17) is 11.2 Å². The topological polar surface area (TPSA) is 26.3 Å². The van der Waals surface area contributed by atoms with Crippen molar-refractivity contribution < 1.29 is 9.53 Å². The first-order valence-electron chi connectivity index (χ1n) is 4.15. The molecule has 0 amide bonds. The molecule has 0 aromatic rings. The van der Waals surface area contributed by atoms with E-state index in [-0.39, 0.29) is 5.78 Å². The fourth-order valence-corrected chi connectivity index (χ4v) is 0.928. The summed E-state index contributed by atoms with van der Waals surface area (Å²) in [6.07, 6.45) is 5.95. The van der Waals surface area contributed by atoms with Crippen molar-refractivity contribution in [1.82, 2.24) is 0 Å². The standard InChI is InChI=1S/C10H16O2/c1-5-7-8-9(11)10(3,4)12-6-2/h1H,6-8H2,2-4H3. The molecule has 68 valence electrons. The number of carbonyl (C=O) groups is 1. The van der Waals surface area contributed by atoms with Crippen molar-refractivity contribution in [3.8, 4) is 12.3 Å². The van der Waals surface area contributed by atoms with Crippen LogP contribution in [-0.2, 0) is 9.53 Å². The maximum atomic E-state index is 11.4. The Labute approximate surface area is 74.3 Å². The second-order valence-corrected chi connectivity index (χ2v) is 3.07. The Balaban J connectivity index is 3.99. The summed E-state index contributed by atoms with van der Waals surface area (Å²) in [7, 11) is 0. The van der Waals surface area contributed by atoms with E-state index in [2.05, 4.69) is 5.92 Å². The number of rotatable bonds is 5. The average Bonchev–Trinajstić information content (AvgIpc) is 2.00. The van der Waals surface area contributed by atoms with Crippen LogP contribution < -0.4 is 0 Å². The third-order valence-corrected chi connectivity index (χ3v) is 1.67. The summed E-state index contributed by atoms with van der Waals surface area (Å²) in [6, 6.07) is 0. The Bertz CT molecular complexity index is 187. The van der Waals surface area contributed by atoms with Gasteiger partial charge in [-0.05, 0) is 20.8 Å². The number of carbonyl (C=O) groups excluding carboxylic acids is 1. The van der Waals surface area contributed by atoms with Crippen LogP contribution in [-0.4, -0.2) is 18.0 Å². The van der Waals surface area contributed by atoms with Gasteiger partial charge in [-0.2, -0.15) is 0 Å². The third-order valence-electron chi connectivity index (χ3n) is 1.67. The summed E-state index contributed by atoms with van der Waals surface area (Å²) in [5.41, 5.74) is -0.675. The maximum Gasteiger partial charge on any atom is 0.164 e. The molecule has 0 aromatic heterocycles. The lowest BCUT2D eigenvalue weighted by atomic mass is 9.99. The molecule has 0 rings (SSSR count). The van der Waals surface area contributed by atoms with Crippen molar-refractivity contribution in [1.29, 1.82) is 0 Å². The normalized spacial score (nSPS) is 10.8. The molecule has 0 heterocycles. The van der Waals surface area contributed by atoms with Gasteiger partial charge in [-0.25, -0.2) is 0 Å². The second-order valence-electron chi connectivity index (χ2n) is 3.07.